The van der Waals surface area contributed by atoms with Gasteiger partial charge in [0, 0.05) is 24.0 Å². The second-order valence-electron chi connectivity index (χ2n) is 6.25. The second kappa shape index (κ2) is 8.72. The zero-order chi connectivity index (χ0) is 21.7. The summed E-state index contributed by atoms with van der Waals surface area (Å²) in [6.07, 6.45) is 0.616. The molecule has 0 saturated carbocycles. The molecule has 2 heterocycles. The van der Waals surface area contributed by atoms with E-state index in [1.807, 2.05) is 13.0 Å². The van der Waals surface area contributed by atoms with E-state index in [0.717, 1.165) is 28.5 Å². The number of anilines is 1. The Kier molecular flexibility index (Phi) is 6.09. The van der Waals surface area contributed by atoms with Crippen LogP contribution in [-0.2, 0) is 17.6 Å². The van der Waals surface area contributed by atoms with E-state index in [-0.39, 0.29) is 17.0 Å². The average Bonchev–Trinajstić information content (AvgIpc) is 3.20. The number of hydrazine groups is 1. The summed E-state index contributed by atoms with van der Waals surface area (Å²) in [6, 6.07) is 6.32. The summed E-state index contributed by atoms with van der Waals surface area (Å²) in [4.78, 5) is 19.8. The SMILES string of the molecule is Cc1ccc(NNC(=O)/C=C\n2cnc(-c3cc(CF)cc(C(F)(F)F)c3)n2)nc1. The van der Waals surface area contributed by atoms with Crippen molar-refractivity contribution in [2.45, 2.75) is 19.8 Å². The molecular formula is C19H16F4N6O. The van der Waals surface area contributed by atoms with Crippen LogP contribution >= 0.6 is 0 Å². The smallest absolute Gasteiger partial charge is 0.282 e. The molecule has 3 rings (SSSR count). The molecule has 0 aliphatic heterocycles. The summed E-state index contributed by atoms with van der Waals surface area (Å²) in [7, 11) is 0. The fraction of sp³-hybridized carbons (Fsp3) is 0.158. The second-order valence-corrected chi connectivity index (χ2v) is 6.25. The van der Waals surface area contributed by atoms with Gasteiger partial charge in [-0.15, -0.1) is 5.10 Å². The highest BCUT2D eigenvalue weighted by molar-refractivity contribution is 5.90. The van der Waals surface area contributed by atoms with E-state index < -0.39 is 24.3 Å². The van der Waals surface area contributed by atoms with Crippen molar-refractivity contribution in [2.75, 3.05) is 5.43 Å². The van der Waals surface area contributed by atoms with Gasteiger partial charge in [0.25, 0.3) is 5.91 Å². The lowest BCUT2D eigenvalue weighted by Crippen LogP contribution is -2.28. The van der Waals surface area contributed by atoms with Crippen LogP contribution in [0.5, 0.6) is 0 Å². The summed E-state index contributed by atoms with van der Waals surface area (Å²) >= 11 is 0. The largest absolute Gasteiger partial charge is 0.416 e. The van der Waals surface area contributed by atoms with Crippen LogP contribution in [-0.4, -0.2) is 25.7 Å². The molecular weight excluding hydrogens is 404 g/mol. The average molecular weight is 420 g/mol. The van der Waals surface area contributed by atoms with Gasteiger partial charge in [-0.1, -0.05) is 6.07 Å². The lowest BCUT2D eigenvalue weighted by molar-refractivity contribution is -0.137. The quantitative estimate of drug-likeness (QED) is 0.361. The van der Waals surface area contributed by atoms with Crippen molar-refractivity contribution in [1.82, 2.24) is 25.2 Å². The van der Waals surface area contributed by atoms with Crippen LogP contribution in [0.1, 0.15) is 16.7 Å². The van der Waals surface area contributed by atoms with E-state index in [1.165, 1.54) is 18.6 Å². The van der Waals surface area contributed by atoms with Gasteiger partial charge in [-0.3, -0.25) is 15.6 Å². The molecule has 0 fully saturated rings. The Morgan fingerprint density at radius 3 is 2.67 bits per heavy atom. The number of nitrogens with one attached hydrogen (secondary N) is 2. The van der Waals surface area contributed by atoms with Crippen molar-refractivity contribution in [2.24, 2.45) is 0 Å². The normalized spacial score (nSPS) is 11.6. The molecule has 2 aromatic heterocycles. The van der Waals surface area contributed by atoms with Crippen LogP contribution in [0.3, 0.4) is 0 Å². The zero-order valence-corrected chi connectivity index (χ0v) is 15.6. The fourth-order valence-corrected chi connectivity index (χ4v) is 2.39. The van der Waals surface area contributed by atoms with E-state index in [0.29, 0.717) is 5.82 Å². The zero-order valence-electron chi connectivity index (χ0n) is 15.6. The van der Waals surface area contributed by atoms with Crippen molar-refractivity contribution in [1.29, 1.82) is 0 Å². The molecule has 0 saturated heterocycles. The number of hydrogen-bond acceptors (Lipinski definition) is 5. The molecule has 0 unspecified atom stereocenters. The standard InChI is InChI=1S/C19H16F4N6O/c1-12-2-3-16(24-10-12)26-27-17(30)4-5-29-11-25-18(28-29)14-6-13(9-20)7-15(8-14)19(21,22)23/h2-8,10-11H,9H2,1H3,(H,24,26)(H,27,30)/b5-4-. The van der Waals surface area contributed by atoms with E-state index in [1.54, 1.807) is 12.3 Å². The van der Waals surface area contributed by atoms with Crippen molar-refractivity contribution < 1.29 is 22.4 Å². The molecule has 1 amide bonds. The minimum atomic E-state index is -4.63. The minimum Gasteiger partial charge on any atom is -0.282 e. The lowest BCUT2D eigenvalue weighted by Gasteiger charge is -2.09. The number of hydrogen-bond donors (Lipinski definition) is 2. The number of halogens is 4. The summed E-state index contributed by atoms with van der Waals surface area (Å²) in [5, 5.41) is 4.00. The number of carbonyl (C=O) groups excluding carboxylic acids is 1. The molecule has 3 aromatic rings. The number of rotatable bonds is 6. The number of amides is 1. The molecule has 0 aliphatic carbocycles. The number of nitrogens with zero attached hydrogens (tertiary/aromatic N) is 4. The third kappa shape index (κ3) is 5.40. The maximum absolute atomic E-state index is 13.0. The number of alkyl halides is 4. The highest BCUT2D eigenvalue weighted by Crippen LogP contribution is 2.32. The first kappa shape index (κ1) is 21.0. The predicted molar refractivity (Wildman–Crippen MR) is 101 cm³/mol. The molecule has 0 bridgehead atoms. The van der Waals surface area contributed by atoms with Gasteiger partial charge in [-0.05, 0) is 42.3 Å². The number of aryl methyl sites for hydroxylation is 1. The monoisotopic (exact) mass is 420 g/mol. The number of pyridine rings is 1. The maximum Gasteiger partial charge on any atom is 0.416 e. The van der Waals surface area contributed by atoms with Crippen LogP contribution in [0.2, 0.25) is 0 Å². The maximum atomic E-state index is 13.0. The highest BCUT2D eigenvalue weighted by atomic mass is 19.4. The Balaban J connectivity index is 1.68. The molecule has 0 spiro atoms. The molecule has 0 aliphatic rings. The Morgan fingerprint density at radius 2 is 2.00 bits per heavy atom. The van der Waals surface area contributed by atoms with Crippen molar-refractivity contribution in [3.63, 3.8) is 0 Å². The van der Waals surface area contributed by atoms with Crippen LogP contribution in [0.25, 0.3) is 17.6 Å². The molecule has 0 radical (unpaired) electrons. The van der Waals surface area contributed by atoms with Crippen molar-refractivity contribution in [3.8, 4) is 11.4 Å². The van der Waals surface area contributed by atoms with Gasteiger partial charge in [-0.25, -0.2) is 19.0 Å². The Morgan fingerprint density at radius 1 is 1.20 bits per heavy atom. The summed E-state index contributed by atoms with van der Waals surface area (Å²) in [6.45, 7) is 0.822. The van der Waals surface area contributed by atoms with Crippen molar-refractivity contribution in [3.05, 3.63) is 65.6 Å². The van der Waals surface area contributed by atoms with Gasteiger partial charge in [-0.2, -0.15) is 13.2 Å². The molecule has 1 aromatic carbocycles. The summed E-state index contributed by atoms with van der Waals surface area (Å²) in [5.41, 5.74) is 4.88. The van der Waals surface area contributed by atoms with Crippen LogP contribution < -0.4 is 10.9 Å². The predicted octanol–water partition coefficient (Wildman–Crippen LogP) is 3.75. The fourth-order valence-electron chi connectivity index (χ4n) is 2.39. The molecule has 156 valence electrons. The van der Waals surface area contributed by atoms with E-state index in [2.05, 4.69) is 25.9 Å². The minimum absolute atomic E-state index is 0.0150. The van der Waals surface area contributed by atoms with Crippen LogP contribution in [0.4, 0.5) is 23.4 Å². The number of carbonyl (C=O) groups is 1. The first-order valence-electron chi connectivity index (χ1n) is 8.60. The molecule has 0 atom stereocenters. The number of aromatic nitrogens is 4. The van der Waals surface area contributed by atoms with Gasteiger partial charge in [0.15, 0.2) is 5.82 Å². The third-order valence-electron chi connectivity index (χ3n) is 3.84. The summed E-state index contributed by atoms with van der Waals surface area (Å²) in [5.74, 6) is -0.116. The van der Waals surface area contributed by atoms with Crippen molar-refractivity contribution >= 4 is 17.9 Å². The van der Waals surface area contributed by atoms with Gasteiger partial charge >= 0.3 is 6.18 Å². The Bertz CT molecular complexity index is 1060. The van der Waals surface area contributed by atoms with Crippen LogP contribution in [0, 0.1) is 6.92 Å². The number of benzene rings is 1. The molecule has 7 nitrogen and oxygen atoms in total. The van der Waals surface area contributed by atoms with Gasteiger partial charge < -0.3 is 0 Å². The third-order valence-corrected chi connectivity index (χ3v) is 3.84. The summed E-state index contributed by atoms with van der Waals surface area (Å²) < 4.78 is 53.1. The van der Waals surface area contributed by atoms with E-state index >= 15 is 0 Å². The molecule has 2 N–H and O–H groups in total. The van der Waals surface area contributed by atoms with E-state index in [4.69, 9.17) is 0 Å². The highest BCUT2D eigenvalue weighted by Gasteiger charge is 2.31. The van der Waals surface area contributed by atoms with Gasteiger partial charge in [0.2, 0.25) is 0 Å². The first-order chi connectivity index (χ1) is 14.2. The topological polar surface area (TPSA) is 84.7 Å². The Labute approximate surface area is 168 Å². The Hall–Kier alpha value is -3.76. The van der Waals surface area contributed by atoms with Gasteiger partial charge in [0.1, 0.15) is 18.8 Å². The van der Waals surface area contributed by atoms with Crippen LogP contribution in [0.15, 0.2) is 48.9 Å². The first-order valence-corrected chi connectivity index (χ1v) is 8.60. The van der Waals surface area contributed by atoms with Gasteiger partial charge in [0.05, 0.1) is 5.56 Å². The molecule has 11 heteroatoms. The lowest BCUT2D eigenvalue weighted by atomic mass is 10.1. The molecule has 30 heavy (non-hydrogen) atoms. The van der Waals surface area contributed by atoms with E-state index in [9.17, 15) is 22.4 Å².